The van der Waals surface area contributed by atoms with Gasteiger partial charge in [-0.05, 0) is 56.7 Å². The lowest BCUT2D eigenvalue weighted by Crippen LogP contribution is -2.26. The topological polar surface area (TPSA) is 81.8 Å². The van der Waals surface area contributed by atoms with Gasteiger partial charge in [0.15, 0.2) is 5.13 Å². The summed E-state index contributed by atoms with van der Waals surface area (Å²) in [5, 5.41) is 9.20. The first-order valence-electron chi connectivity index (χ1n) is 10.2. The Bertz CT molecular complexity index is 1340. The molecule has 0 saturated carbocycles. The summed E-state index contributed by atoms with van der Waals surface area (Å²) in [7, 11) is 0. The molecule has 1 aromatic carbocycles. The minimum Gasteiger partial charge on any atom is -0.318 e. The normalized spacial score (nSPS) is 11.0. The van der Waals surface area contributed by atoms with Crippen molar-refractivity contribution in [1.82, 2.24) is 19.3 Å². The van der Waals surface area contributed by atoms with E-state index in [1.165, 1.54) is 40.3 Å². The zero-order chi connectivity index (χ0) is 22.8. The smallest absolute Gasteiger partial charge is 0.277 e. The third-order valence-corrected chi connectivity index (χ3v) is 5.81. The highest BCUT2D eigenvalue weighted by molar-refractivity contribution is 7.14. The van der Waals surface area contributed by atoms with Crippen LogP contribution in [0.15, 0.2) is 52.6 Å². The van der Waals surface area contributed by atoms with Gasteiger partial charge in [-0.25, -0.2) is 14.1 Å². The van der Waals surface area contributed by atoms with Crippen molar-refractivity contribution in [3.8, 4) is 16.9 Å². The number of carbonyl (C=O) groups is 1. The molecule has 0 spiro atoms. The molecule has 4 aromatic rings. The molecular weight excluding hydrogens is 429 g/mol. The quantitative estimate of drug-likeness (QED) is 0.465. The molecule has 1 amide bonds. The van der Waals surface area contributed by atoms with Gasteiger partial charge in [-0.15, -0.1) is 11.3 Å². The van der Waals surface area contributed by atoms with Crippen molar-refractivity contribution in [3.63, 3.8) is 0 Å². The fraction of sp³-hybridized carbons (Fsp3) is 0.217. The highest BCUT2D eigenvalue weighted by Gasteiger charge is 2.17. The summed E-state index contributed by atoms with van der Waals surface area (Å²) in [6.45, 7) is 6.34. The number of aryl methyl sites for hydroxylation is 2. The number of nitrogens with zero attached hydrogens (tertiary/aromatic N) is 4. The molecule has 0 aliphatic heterocycles. The second-order valence-corrected chi connectivity index (χ2v) is 8.23. The Hall–Kier alpha value is -3.59. The maximum Gasteiger partial charge on any atom is 0.277 e. The third-order valence-electron chi connectivity index (χ3n) is 5.05. The van der Waals surface area contributed by atoms with E-state index in [2.05, 4.69) is 15.4 Å². The molecule has 3 heterocycles. The number of benzene rings is 1. The molecule has 32 heavy (non-hydrogen) atoms. The SMILES string of the molecule is CCCn1nc(C(=O)Nc2nc(-c3cc(C)n(-c4ccc(F)cc4)c3C)cs2)ccc1=O. The van der Waals surface area contributed by atoms with E-state index >= 15 is 0 Å². The van der Waals surface area contributed by atoms with Gasteiger partial charge in [-0.2, -0.15) is 5.10 Å². The predicted octanol–water partition coefficient (Wildman–Crippen LogP) is 4.58. The average molecular weight is 452 g/mol. The van der Waals surface area contributed by atoms with Crippen LogP contribution in [0.2, 0.25) is 0 Å². The Morgan fingerprint density at radius 3 is 2.62 bits per heavy atom. The summed E-state index contributed by atoms with van der Waals surface area (Å²) in [6, 6.07) is 11.1. The average Bonchev–Trinajstić information content (AvgIpc) is 3.34. The molecular formula is C23H22FN5O2S. The highest BCUT2D eigenvalue weighted by atomic mass is 32.1. The fourth-order valence-corrected chi connectivity index (χ4v) is 4.27. The van der Waals surface area contributed by atoms with Gasteiger partial charge in [0.05, 0.1) is 5.69 Å². The Labute approximate surface area is 188 Å². The molecule has 3 aromatic heterocycles. The number of anilines is 1. The first kappa shape index (κ1) is 21.6. The van der Waals surface area contributed by atoms with E-state index < -0.39 is 5.91 Å². The van der Waals surface area contributed by atoms with Crippen LogP contribution in [0.5, 0.6) is 0 Å². The van der Waals surface area contributed by atoms with Crippen LogP contribution in [-0.2, 0) is 6.54 Å². The Balaban J connectivity index is 1.58. The van der Waals surface area contributed by atoms with Crippen LogP contribution in [0.4, 0.5) is 9.52 Å². The van der Waals surface area contributed by atoms with Crippen LogP contribution in [0.3, 0.4) is 0 Å². The lowest BCUT2D eigenvalue weighted by Gasteiger charge is -2.09. The highest BCUT2D eigenvalue weighted by Crippen LogP contribution is 2.31. The molecule has 0 fully saturated rings. The first-order chi connectivity index (χ1) is 15.4. The Morgan fingerprint density at radius 2 is 1.91 bits per heavy atom. The summed E-state index contributed by atoms with van der Waals surface area (Å²) in [4.78, 5) is 29.0. The van der Waals surface area contributed by atoms with E-state index in [0.717, 1.165) is 34.8 Å². The lowest BCUT2D eigenvalue weighted by atomic mass is 10.2. The van der Waals surface area contributed by atoms with E-state index in [1.807, 2.05) is 36.8 Å². The number of rotatable bonds is 6. The number of halogens is 1. The number of aromatic nitrogens is 4. The van der Waals surface area contributed by atoms with Crippen LogP contribution in [-0.4, -0.2) is 25.2 Å². The molecule has 7 nitrogen and oxygen atoms in total. The molecule has 0 bridgehead atoms. The standard InChI is InChI=1S/C23H22FN5O2S/c1-4-11-28-21(30)10-9-19(27-28)22(31)26-23-25-20(13-32-23)18-12-14(2)29(15(18)3)17-7-5-16(24)6-8-17/h5-10,12-13H,4,11H2,1-3H3,(H,25,26,31). The minimum absolute atomic E-state index is 0.157. The molecule has 9 heteroatoms. The van der Waals surface area contributed by atoms with Crippen molar-refractivity contribution < 1.29 is 9.18 Å². The molecule has 0 atom stereocenters. The number of hydrogen-bond acceptors (Lipinski definition) is 5. The number of nitrogens with one attached hydrogen (secondary N) is 1. The lowest BCUT2D eigenvalue weighted by molar-refractivity contribution is 0.101. The molecule has 0 saturated heterocycles. The van der Waals surface area contributed by atoms with E-state index in [4.69, 9.17) is 0 Å². The predicted molar refractivity (Wildman–Crippen MR) is 123 cm³/mol. The number of hydrogen-bond donors (Lipinski definition) is 1. The molecule has 164 valence electrons. The molecule has 0 aliphatic carbocycles. The number of amides is 1. The molecule has 4 rings (SSSR count). The molecule has 0 unspecified atom stereocenters. The molecule has 1 N–H and O–H groups in total. The van der Waals surface area contributed by atoms with Crippen molar-refractivity contribution in [2.45, 2.75) is 33.7 Å². The van der Waals surface area contributed by atoms with Gasteiger partial charge in [0.2, 0.25) is 0 Å². The third kappa shape index (κ3) is 4.24. The van der Waals surface area contributed by atoms with Crippen LogP contribution < -0.4 is 10.9 Å². The van der Waals surface area contributed by atoms with Gasteiger partial charge in [-0.3, -0.25) is 14.9 Å². The fourth-order valence-electron chi connectivity index (χ4n) is 3.57. The van der Waals surface area contributed by atoms with Gasteiger partial charge < -0.3 is 4.57 Å². The second kappa shape index (κ2) is 8.88. The minimum atomic E-state index is -0.424. The number of thiazole rings is 1. The first-order valence-corrected chi connectivity index (χ1v) is 11.1. The van der Waals surface area contributed by atoms with E-state index in [0.29, 0.717) is 11.7 Å². The van der Waals surface area contributed by atoms with Gasteiger partial charge in [0.1, 0.15) is 11.5 Å². The van der Waals surface area contributed by atoms with Gasteiger partial charge in [0, 0.05) is 40.6 Å². The van der Waals surface area contributed by atoms with Gasteiger partial charge >= 0.3 is 0 Å². The van der Waals surface area contributed by atoms with Crippen molar-refractivity contribution in [3.05, 3.63) is 81.1 Å². The Morgan fingerprint density at radius 1 is 1.16 bits per heavy atom. The van der Waals surface area contributed by atoms with Crippen molar-refractivity contribution >= 4 is 22.4 Å². The zero-order valence-electron chi connectivity index (χ0n) is 17.9. The van der Waals surface area contributed by atoms with Crippen LogP contribution >= 0.6 is 11.3 Å². The summed E-state index contributed by atoms with van der Waals surface area (Å²) >= 11 is 1.31. The van der Waals surface area contributed by atoms with Crippen molar-refractivity contribution in [1.29, 1.82) is 0 Å². The van der Waals surface area contributed by atoms with Gasteiger partial charge in [-0.1, -0.05) is 6.92 Å². The van der Waals surface area contributed by atoms with Gasteiger partial charge in [0.25, 0.3) is 11.5 Å². The molecule has 0 radical (unpaired) electrons. The van der Waals surface area contributed by atoms with Crippen LogP contribution in [0.1, 0.15) is 35.2 Å². The summed E-state index contributed by atoms with van der Waals surface area (Å²) in [6.07, 6.45) is 0.740. The largest absolute Gasteiger partial charge is 0.318 e. The van der Waals surface area contributed by atoms with Crippen molar-refractivity contribution in [2.75, 3.05) is 5.32 Å². The van der Waals surface area contributed by atoms with Crippen LogP contribution in [0, 0.1) is 19.7 Å². The summed E-state index contributed by atoms with van der Waals surface area (Å²) < 4.78 is 16.6. The second-order valence-electron chi connectivity index (χ2n) is 7.37. The number of carbonyl (C=O) groups excluding carboxylic acids is 1. The Kier molecular flexibility index (Phi) is 6.00. The van der Waals surface area contributed by atoms with E-state index in [-0.39, 0.29) is 17.1 Å². The van der Waals surface area contributed by atoms with E-state index in [1.54, 1.807) is 12.1 Å². The maximum absolute atomic E-state index is 13.3. The summed E-state index contributed by atoms with van der Waals surface area (Å²) in [5.74, 6) is -0.705. The van der Waals surface area contributed by atoms with Crippen molar-refractivity contribution in [2.24, 2.45) is 0 Å². The molecule has 0 aliphatic rings. The maximum atomic E-state index is 13.3. The summed E-state index contributed by atoms with van der Waals surface area (Å²) in [5.41, 5.74) is 4.40. The monoisotopic (exact) mass is 451 g/mol. The zero-order valence-corrected chi connectivity index (χ0v) is 18.7. The van der Waals surface area contributed by atoms with Crippen LogP contribution in [0.25, 0.3) is 16.9 Å². The van der Waals surface area contributed by atoms with E-state index in [9.17, 15) is 14.0 Å².